The van der Waals surface area contributed by atoms with Crippen LogP contribution in [0.4, 0.5) is 0 Å². The maximum Gasteiger partial charge on any atom is 0.335 e. The van der Waals surface area contributed by atoms with Gasteiger partial charge in [-0.25, -0.2) is 4.79 Å². The summed E-state index contributed by atoms with van der Waals surface area (Å²) in [5, 5.41) is 17.3. The zero-order valence-electron chi connectivity index (χ0n) is 10.8. The van der Waals surface area contributed by atoms with Gasteiger partial charge in [0.2, 0.25) is 0 Å². The topological polar surface area (TPSA) is 74.6 Å². The van der Waals surface area contributed by atoms with E-state index in [0.29, 0.717) is 6.42 Å². The second-order valence-corrected chi connectivity index (χ2v) is 4.44. The summed E-state index contributed by atoms with van der Waals surface area (Å²) in [5.41, 5.74) is 2.15. The summed E-state index contributed by atoms with van der Waals surface area (Å²) in [4.78, 5) is 21.0. The molecule has 0 aliphatic rings. The highest BCUT2D eigenvalue weighted by molar-refractivity contribution is 5.88. The largest absolute Gasteiger partial charge is 0.481 e. The molecule has 19 heavy (non-hydrogen) atoms. The molecule has 0 amide bonds. The van der Waals surface area contributed by atoms with Crippen molar-refractivity contribution in [3.63, 3.8) is 0 Å². The van der Waals surface area contributed by atoms with Crippen LogP contribution in [0, 0.1) is 0 Å². The molecule has 0 bridgehead atoms. The fourth-order valence-corrected chi connectivity index (χ4v) is 1.78. The number of aromatic carboxylic acids is 1. The lowest BCUT2D eigenvalue weighted by molar-refractivity contribution is -0.137. The smallest absolute Gasteiger partial charge is 0.335 e. The first-order chi connectivity index (χ1) is 9.00. The van der Waals surface area contributed by atoms with Crippen LogP contribution in [0.15, 0.2) is 30.8 Å². The molecule has 0 aliphatic carbocycles. The van der Waals surface area contributed by atoms with Crippen molar-refractivity contribution in [2.45, 2.75) is 32.1 Å². The number of unbranched alkanes of at least 4 members (excludes halogenated alkanes) is 2. The summed E-state index contributed by atoms with van der Waals surface area (Å²) in [6.45, 7) is 3.97. The number of carbonyl (C=O) groups is 2. The molecule has 0 unspecified atom stereocenters. The third-order valence-electron chi connectivity index (χ3n) is 2.91. The highest BCUT2D eigenvalue weighted by Crippen LogP contribution is 2.20. The second kappa shape index (κ2) is 7.36. The third-order valence-corrected chi connectivity index (χ3v) is 2.91. The van der Waals surface area contributed by atoms with Gasteiger partial charge in [0.25, 0.3) is 0 Å². The van der Waals surface area contributed by atoms with Crippen molar-refractivity contribution in [3.05, 3.63) is 42.0 Å². The van der Waals surface area contributed by atoms with Crippen molar-refractivity contribution in [3.8, 4) is 0 Å². The summed E-state index contributed by atoms with van der Waals surface area (Å²) in [7, 11) is 0. The average Bonchev–Trinajstić information content (AvgIpc) is 2.37. The lowest BCUT2D eigenvalue weighted by atomic mass is 10.00. The molecule has 2 N–H and O–H groups in total. The number of aliphatic carboxylic acids is 1. The van der Waals surface area contributed by atoms with Crippen LogP contribution in [-0.4, -0.2) is 22.2 Å². The summed E-state index contributed by atoms with van der Waals surface area (Å²) in [5.74, 6) is -1.70. The Morgan fingerprint density at radius 3 is 1.95 bits per heavy atom. The summed E-state index contributed by atoms with van der Waals surface area (Å²) in [6, 6.07) is 6.63. The third kappa shape index (κ3) is 5.38. The van der Waals surface area contributed by atoms with Crippen LogP contribution in [0.3, 0.4) is 0 Å². The molecule has 1 aromatic carbocycles. The Morgan fingerprint density at radius 2 is 1.42 bits per heavy atom. The van der Waals surface area contributed by atoms with Gasteiger partial charge in [0, 0.05) is 6.42 Å². The molecule has 0 fully saturated rings. The van der Waals surface area contributed by atoms with Gasteiger partial charge in [-0.2, -0.15) is 0 Å². The Hall–Kier alpha value is -2.10. The van der Waals surface area contributed by atoms with Crippen molar-refractivity contribution in [2.75, 3.05) is 0 Å². The van der Waals surface area contributed by atoms with Crippen LogP contribution in [-0.2, 0) is 4.79 Å². The van der Waals surface area contributed by atoms with E-state index < -0.39 is 11.9 Å². The lowest BCUT2D eigenvalue weighted by Crippen LogP contribution is -1.96. The predicted molar refractivity (Wildman–Crippen MR) is 73.2 cm³/mol. The van der Waals surface area contributed by atoms with E-state index in [1.165, 1.54) is 0 Å². The molecule has 0 aromatic heterocycles. The predicted octanol–water partition coefficient (Wildman–Crippen LogP) is 3.43. The zero-order valence-corrected chi connectivity index (χ0v) is 10.8. The van der Waals surface area contributed by atoms with Crippen molar-refractivity contribution in [1.29, 1.82) is 0 Å². The Bertz CT molecular complexity index is 460. The molecule has 0 saturated carbocycles. The Labute approximate surface area is 112 Å². The van der Waals surface area contributed by atoms with E-state index in [9.17, 15) is 9.59 Å². The zero-order chi connectivity index (χ0) is 14.3. The number of rotatable bonds is 8. The SMILES string of the molecule is C=C(CCCCCC(=O)O)c1ccc(C(=O)O)cc1. The molecule has 1 rings (SSSR count). The normalized spacial score (nSPS) is 10.1. The average molecular weight is 262 g/mol. The molecule has 0 spiro atoms. The van der Waals surface area contributed by atoms with E-state index in [0.717, 1.165) is 30.4 Å². The van der Waals surface area contributed by atoms with Crippen LogP contribution in [0.1, 0.15) is 48.0 Å². The van der Waals surface area contributed by atoms with Crippen LogP contribution in [0.25, 0.3) is 5.57 Å². The number of carboxylic acids is 2. The number of carboxylic acid groups (broad SMARTS) is 2. The van der Waals surface area contributed by atoms with E-state index in [4.69, 9.17) is 10.2 Å². The summed E-state index contributed by atoms with van der Waals surface area (Å²) < 4.78 is 0. The molecule has 0 saturated heterocycles. The maximum absolute atomic E-state index is 10.7. The van der Waals surface area contributed by atoms with Gasteiger partial charge < -0.3 is 10.2 Å². The maximum atomic E-state index is 10.7. The van der Waals surface area contributed by atoms with Gasteiger partial charge in [0.05, 0.1) is 5.56 Å². The van der Waals surface area contributed by atoms with E-state index in [2.05, 4.69) is 6.58 Å². The number of hydrogen-bond acceptors (Lipinski definition) is 2. The van der Waals surface area contributed by atoms with Gasteiger partial charge in [0.15, 0.2) is 0 Å². The van der Waals surface area contributed by atoms with E-state index >= 15 is 0 Å². The molecular weight excluding hydrogens is 244 g/mol. The van der Waals surface area contributed by atoms with Crippen molar-refractivity contribution in [1.82, 2.24) is 0 Å². The summed E-state index contributed by atoms with van der Waals surface area (Å²) in [6.07, 6.45) is 3.44. The standard InChI is InChI=1S/C15H18O4/c1-11(5-3-2-4-6-14(16)17)12-7-9-13(10-8-12)15(18)19/h7-10H,1-6H2,(H,16,17)(H,18,19). The van der Waals surface area contributed by atoms with E-state index in [1.807, 2.05) is 0 Å². The molecule has 102 valence electrons. The van der Waals surface area contributed by atoms with Gasteiger partial charge in [0.1, 0.15) is 0 Å². The van der Waals surface area contributed by atoms with Crippen molar-refractivity contribution < 1.29 is 19.8 Å². The quantitative estimate of drug-likeness (QED) is 0.704. The summed E-state index contributed by atoms with van der Waals surface area (Å²) >= 11 is 0. The Kier molecular flexibility index (Phi) is 5.79. The first-order valence-electron chi connectivity index (χ1n) is 6.24. The molecule has 0 heterocycles. The Balaban J connectivity index is 2.37. The minimum absolute atomic E-state index is 0.208. The molecule has 4 nitrogen and oxygen atoms in total. The molecular formula is C15H18O4. The van der Waals surface area contributed by atoms with Crippen molar-refractivity contribution in [2.24, 2.45) is 0 Å². The van der Waals surface area contributed by atoms with Gasteiger partial charge in [-0.1, -0.05) is 25.1 Å². The molecule has 0 radical (unpaired) electrons. The van der Waals surface area contributed by atoms with E-state index in [1.54, 1.807) is 24.3 Å². The molecule has 4 heteroatoms. The fraction of sp³-hybridized carbons (Fsp3) is 0.333. The van der Waals surface area contributed by atoms with Crippen LogP contribution < -0.4 is 0 Å². The number of hydrogen-bond donors (Lipinski definition) is 2. The lowest BCUT2D eigenvalue weighted by Gasteiger charge is -2.06. The van der Waals surface area contributed by atoms with Crippen molar-refractivity contribution >= 4 is 17.5 Å². The Morgan fingerprint density at radius 1 is 0.895 bits per heavy atom. The minimum Gasteiger partial charge on any atom is -0.481 e. The molecule has 0 aliphatic heterocycles. The molecule has 1 aromatic rings. The van der Waals surface area contributed by atoms with Gasteiger partial charge in [-0.05, 0) is 42.5 Å². The first-order valence-corrected chi connectivity index (χ1v) is 6.24. The highest BCUT2D eigenvalue weighted by Gasteiger charge is 2.04. The number of allylic oxidation sites excluding steroid dienone is 1. The van der Waals surface area contributed by atoms with Crippen LogP contribution in [0.5, 0.6) is 0 Å². The van der Waals surface area contributed by atoms with Gasteiger partial charge >= 0.3 is 11.9 Å². The van der Waals surface area contributed by atoms with E-state index in [-0.39, 0.29) is 12.0 Å². The highest BCUT2D eigenvalue weighted by atomic mass is 16.4. The number of benzene rings is 1. The van der Waals surface area contributed by atoms with Crippen LogP contribution >= 0.6 is 0 Å². The fourth-order valence-electron chi connectivity index (χ4n) is 1.78. The van der Waals surface area contributed by atoms with Gasteiger partial charge in [-0.15, -0.1) is 0 Å². The second-order valence-electron chi connectivity index (χ2n) is 4.44. The minimum atomic E-state index is -0.939. The monoisotopic (exact) mass is 262 g/mol. The van der Waals surface area contributed by atoms with Gasteiger partial charge in [-0.3, -0.25) is 4.79 Å². The first kappa shape index (κ1) is 15.0. The van der Waals surface area contributed by atoms with Crippen LogP contribution in [0.2, 0.25) is 0 Å². The molecule has 0 atom stereocenters.